The van der Waals surface area contributed by atoms with Crippen LogP contribution < -0.4 is 4.90 Å². The molecule has 2 amide bonds. The second-order valence-corrected chi connectivity index (χ2v) is 6.24. The van der Waals surface area contributed by atoms with Crippen molar-refractivity contribution < 1.29 is 9.59 Å². The van der Waals surface area contributed by atoms with E-state index in [4.69, 9.17) is 0 Å². The van der Waals surface area contributed by atoms with Gasteiger partial charge in [-0.15, -0.1) is 0 Å². The van der Waals surface area contributed by atoms with Gasteiger partial charge in [-0.3, -0.25) is 14.5 Å². The number of anilines is 1. The van der Waals surface area contributed by atoms with Crippen LogP contribution in [0, 0.1) is 30.6 Å². The van der Waals surface area contributed by atoms with Crippen LogP contribution in [0.3, 0.4) is 0 Å². The molecular formula is C16H17NO2. The van der Waals surface area contributed by atoms with Gasteiger partial charge >= 0.3 is 0 Å². The normalized spacial score (nSPS) is 36.2. The molecule has 4 rings (SSSR count). The van der Waals surface area contributed by atoms with Crippen LogP contribution in [0.25, 0.3) is 0 Å². The molecule has 0 aromatic heterocycles. The number of benzene rings is 1. The number of rotatable bonds is 1. The highest BCUT2D eigenvalue weighted by molar-refractivity contribution is 6.22. The molecule has 1 heterocycles. The molecule has 0 radical (unpaired) electrons. The molecule has 19 heavy (non-hydrogen) atoms. The maximum Gasteiger partial charge on any atom is 0.237 e. The average Bonchev–Trinajstić information content (AvgIpc) is 3.04. The van der Waals surface area contributed by atoms with Crippen molar-refractivity contribution in [2.45, 2.75) is 26.2 Å². The maximum absolute atomic E-state index is 12.6. The number of fused-ring (bicyclic) bond motifs is 5. The molecule has 4 atom stereocenters. The minimum Gasteiger partial charge on any atom is -0.274 e. The predicted molar refractivity (Wildman–Crippen MR) is 71.5 cm³/mol. The zero-order chi connectivity index (χ0) is 13.1. The number of hydrogen-bond donors (Lipinski definition) is 0. The zero-order valence-electron chi connectivity index (χ0n) is 11.0. The summed E-state index contributed by atoms with van der Waals surface area (Å²) in [4.78, 5) is 26.7. The van der Waals surface area contributed by atoms with Crippen LogP contribution >= 0.6 is 0 Å². The van der Waals surface area contributed by atoms with Crippen LogP contribution in [0.1, 0.15) is 24.8 Å². The van der Waals surface area contributed by atoms with Crippen LogP contribution in [0.4, 0.5) is 5.69 Å². The van der Waals surface area contributed by atoms with Gasteiger partial charge in [0.1, 0.15) is 0 Å². The molecule has 2 bridgehead atoms. The smallest absolute Gasteiger partial charge is 0.237 e. The average molecular weight is 255 g/mol. The molecule has 1 saturated heterocycles. The Balaban J connectivity index is 1.75. The summed E-state index contributed by atoms with van der Waals surface area (Å²) in [5.74, 6) is 0.974. The number of hydrogen-bond acceptors (Lipinski definition) is 2. The van der Waals surface area contributed by atoms with Crippen molar-refractivity contribution in [3.05, 3.63) is 29.8 Å². The highest BCUT2D eigenvalue weighted by Gasteiger charge is 2.61. The van der Waals surface area contributed by atoms with Crippen molar-refractivity contribution in [2.75, 3.05) is 4.90 Å². The molecule has 3 aliphatic rings. The molecule has 98 valence electrons. The van der Waals surface area contributed by atoms with E-state index in [0.717, 1.165) is 30.5 Å². The summed E-state index contributed by atoms with van der Waals surface area (Å²) in [6.07, 6.45) is 3.35. The number of nitrogens with zero attached hydrogens (tertiary/aromatic N) is 1. The second kappa shape index (κ2) is 3.69. The van der Waals surface area contributed by atoms with E-state index in [0.29, 0.717) is 11.8 Å². The van der Waals surface area contributed by atoms with E-state index >= 15 is 0 Å². The van der Waals surface area contributed by atoms with Crippen LogP contribution in [0.5, 0.6) is 0 Å². The van der Waals surface area contributed by atoms with Gasteiger partial charge in [0.15, 0.2) is 0 Å². The third-order valence-electron chi connectivity index (χ3n) is 5.19. The van der Waals surface area contributed by atoms with Crippen LogP contribution in [0.15, 0.2) is 24.3 Å². The third-order valence-corrected chi connectivity index (χ3v) is 5.19. The first-order valence-corrected chi connectivity index (χ1v) is 7.11. The molecule has 0 N–H and O–H groups in total. The summed E-state index contributed by atoms with van der Waals surface area (Å²) < 4.78 is 0. The second-order valence-electron chi connectivity index (χ2n) is 6.24. The van der Waals surface area contributed by atoms with E-state index < -0.39 is 0 Å². The maximum atomic E-state index is 12.6. The largest absolute Gasteiger partial charge is 0.274 e. The quantitative estimate of drug-likeness (QED) is 0.723. The van der Waals surface area contributed by atoms with Gasteiger partial charge in [-0.2, -0.15) is 0 Å². The van der Waals surface area contributed by atoms with Crippen LogP contribution in [-0.4, -0.2) is 11.8 Å². The Morgan fingerprint density at radius 1 is 1.05 bits per heavy atom. The summed E-state index contributed by atoms with van der Waals surface area (Å²) in [7, 11) is 0. The van der Waals surface area contributed by atoms with Gasteiger partial charge in [0.2, 0.25) is 11.8 Å². The minimum atomic E-state index is -0.0215. The first-order valence-electron chi connectivity index (χ1n) is 7.11. The monoisotopic (exact) mass is 255 g/mol. The first kappa shape index (κ1) is 11.2. The van der Waals surface area contributed by atoms with E-state index in [1.165, 1.54) is 4.90 Å². The van der Waals surface area contributed by atoms with Crippen molar-refractivity contribution in [3.8, 4) is 0 Å². The summed E-state index contributed by atoms with van der Waals surface area (Å²) in [6.45, 7) is 1.99. The SMILES string of the molecule is Cc1cccc(N2C(=O)[C@H]3[C@@H]4CC[C@H](C4)[C@@H]3C2=O)c1. The lowest BCUT2D eigenvalue weighted by Crippen LogP contribution is -2.32. The molecule has 1 aromatic rings. The number of carbonyl (C=O) groups is 2. The van der Waals surface area contributed by atoms with E-state index in [-0.39, 0.29) is 23.7 Å². The fourth-order valence-corrected chi connectivity index (χ4v) is 4.43. The van der Waals surface area contributed by atoms with E-state index in [1.807, 2.05) is 31.2 Å². The highest BCUT2D eigenvalue weighted by atomic mass is 16.2. The van der Waals surface area contributed by atoms with Crippen LogP contribution in [0.2, 0.25) is 0 Å². The van der Waals surface area contributed by atoms with E-state index in [2.05, 4.69) is 0 Å². The molecule has 3 nitrogen and oxygen atoms in total. The van der Waals surface area contributed by atoms with E-state index in [9.17, 15) is 9.59 Å². The van der Waals surface area contributed by atoms with Gasteiger partial charge in [0.05, 0.1) is 17.5 Å². The molecule has 0 unspecified atom stereocenters. The van der Waals surface area contributed by atoms with Crippen molar-refractivity contribution >= 4 is 17.5 Å². The highest BCUT2D eigenvalue weighted by Crippen LogP contribution is 2.56. The standard InChI is InChI=1S/C16H17NO2/c1-9-3-2-4-12(7-9)17-15(18)13-10-5-6-11(8-10)14(13)16(17)19/h2-4,7,10-11,13-14H,5-6,8H2,1H3/t10-,11-,13+,14+/m1/s1. The van der Waals surface area contributed by atoms with Gasteiger partial charge in [-0.1, -0.05) is 12.1 Å². The Labute approximate surface area is 112 Å². The first-order chi connectivity index (χ1) is 9.16. The fourth-order valence-electron chi connectivity index (χ4n) is 4.43. The Kier molecular flexibility index (Phi) is 2.17. The lowest BCUT2D eigenvalue weighted by Gasteiger charge is -2.19. The summed E-state index contributed by atoms with van der Waals surface area (Å²) in [6, 6.07) is 7.69. The number of carbonyl (C=O) groups excluding carboxylic acids is 2. The topological polar surface area (TPSA) is 37.4 Å². The van der Waals surface area contributed by atoms with Gasteiger partial charge in [0.25, 0.3) is 0 Å². The Hall–Kier alpha value is -1.64. The van der Waals surface area contributed by atoms with Gasteiger partial charge in [-0.05, 0) is 55.7 Å². The fraction of sp³-hybridized carbons (Fsp3) is 0.500. The van der Waals surface area contributed by atoms with Gasteiger partial charge < -0.3 is 0 Å². The third kappa shape index (κ3) is 1.38. The van der Waals surface area contributed by atoms with Crippen molar-refractivity contribution in [2.24, 2.45) is 23.7 Å². The number of amides is 2. The van der Waals surface area contributed by atoms with Crippen molar-refractivity contribution in [1.29, 1.82) is 0 Å². The van der Waals surface area contributed by atoms with Crippen molar-refractivity contribution in [3.63, 3.8) is 0 Å². The molecule has 1 aliphatic heterocycles. The molecule has 2 saturated carbocycles. The minimum absolute atomic E-state index is 0.0215. The Bertz CT molecular complexity index is 552. The van der Waals surface area contributed by atoms with Gasteiger partial charge in [-0.25, -0.2) is 0 Å². The molecule has 3 fully saturated rings. The summed E-state index contributed by atoms with van der Waals surface area (Å²) in [5, 5.41) is 0. The van der Waals surface area contributed by atoms with E-state index in [1.54, 1.807) is 0 Å². The lowest BCUT2D eigenvalue weighted by atomic mass is 9.81. The predicted octanol–water partition coefficient (Wildman–Crippen LogP) is 2.53. The lowest BCUT2D eigenvalue weighted by molar-refractivity contribution is -0.123. The molecule has 3 heteroatoms. The summed E-state index contributed by atoms with van der Waals surface area (Å²) in [5.41, 5.74) is 1.84. The zero-order valence-corrected chi connectivity index (χ0v) is 11.0. The van der Waals surface area contributed by atoms with Gasteiger partial charge in [0, 0.05) is 0 Å². The molecule has 2 aliphatic carbocycles. The molecular weight excluding hydrogens is 238 g/mol. The molecule has 0 spiro atoms. The van der Waals surface area contributed by atoms with Crippen molar-refractivity contribution in [1.82, 2.24) is 0 Å². The number of aryl methyl sites for hydroxylation is 1. The Morgan fingerprint density at radius 3 is 2.26 bits per heavy atom. The number of imide groups is 1. The van der Waals surface area contributed by atoms with Crippen LogP contribution in [-0.2, 0) is 9.59 Å². The Morgan fingerprint density at radius 2 is 1.68 bits per heavy atom. The molecule has 1 aromatic carbocycles. The summed E-state index contributed by atoms with van der Waals surface area (Å²) >= 11 is 0.